The summed E-state index contributed by atoms with van der Waals surface area (Å²) in [6.45, 7) is 1.74. The predicted octanol–water partition coefficient (Wildman–Crippen LogP) is 1.92. The molecule has 5 heteroatoms. The average Bonchev–Trinajstić information content (AvgIpc) is 2.43. The van der Waals surface area contributed by atoms with E-state index in [9.17, 15) is 9.18 Å². The maximum absolute atomic E-state index is 12.7. The summed E-state index contributed by atoms with van der Waals surface area (Å²) >= 11 is 0. The van der Waals surface area contributed by atoms with E-state index in [4.69, 9.17) is 4.74 Å². The van der Waals surface area contributed by atoms with Crippen LogP contribution in [0.5, 0.6) is 0 Å². The summed E-state index contributed by atoms with van der Waals surface area (Å²) in [6.07, 6.45) is 3.58. The van der Waals surface area contributed by atoms with Crippen LogP contribution in [0.15, 0.2) is 24.3 Å². The molecule has 1 aromatic rings. The molecule has 1 aliphatic heterocycles. The molecule has 0 spiro atoms. The quantitative estimate of drug-likeness (QED) is 0.856. The van der Waals surface area contributed by atoms with Gasteiger partial charge >= 0.3 is 0 Å². The highest BCUT2D eigenvalue weighted by atomic mass is 19.1. The molecular weight excluding hydrogens is 247 g/mol. The van der Waals surface area contributed by atoms with Gasteiger partial charge in [-0.2, -0.15) is 0 Å². The highest BCUT2D eigenvalue weighted by Crippen LogP contribution is 2.11. The first-order valence-electron chi connectivity index (χ1n) is 6.62. The van der Waals surface area contributed by atoms with Crippen LogP contribution >= 0.6 is 0 Å². The van der Waals surface area contributed by atoms with Crippen molar-refractivity contribution in [2.24, 2.45) is 0 Å². The molecule has 1 aliphatic rings. The van der Waals surface area contributed by atoms with E-state index < -0.39 is 0 Å². The second-order valence-electron chi connectivity index (χ2n) is 4.67. The number of hydrogen-bond acceptors (Lipinski definition) is 3. The molecule has 1 amide bonds. The van der Waals surface area contributed by atoms with Crippen LogP contribution in [0.25, 0.3) is 0 Å². The fourth-order valence-corrected chi connectivity index (χ4v) is 2.05. The van der Waals surface area contributed by atoms with Gasteiger partial charge in [0.2, 0.25) is 5.91 Å². The van der Waals surface area contributed by atoms with Gasteiger partial charge in [-0.1, -0.05) is 0 Å². The maximum Gasteiger partial charge on any atom is 0.238 e. The molecule has 1 fully saturated rings. The van der Waals surface area contributed by atoms with Gasteiger partial charge in [0.05, 0.1) is 12.6 Å². The van der Waals surface area contributed by atoms with E-state index in [2.05, 4.69) is 10.6 Å². The summed E-state index contributed by atoms with van der Waals surface area (Å²) in [5.41, 5.74) is 0.599. The fraction of sp³-hybridized carbons (Fsp3) is 0.500. The molecule has 1 atom stereocenters. The van der Waals surface area contributed by atoms with E-state index in [0.717, 1.165) is 19.4 Å². The third kappa shape index (κ3) is 4.96. The lowest BCUT2D eigenvalue weighted by molar-refractivity contribution is -0.115. The Morgan fingerprint density at radius 1 is 1.32 bits per heavy atom. The zero-order chi connectivity index (χ0) is 13.5. The number of anilines is 1. The summed E-state index contributed by atoms with van der Waals surface area (Å²) in [6, 6.07) is 5.72. The molecule has 4 nitrogen and oxygen atoms in total. The van der Waals surface area contributed by atoms with E-state index in [1.165, 1.54) is 30.7 Å². The van der Waals surface area contributed by atoms with Gasteiger partial charge in [-0.15, -0.1) is 0 Å². The Balaban J connectivity index is 1.65. The Morgan fingerprint density at radius 3 is 2.79 bits per heavy atom. The summed E-state index contributed by atoms with van der Waals surface area (Å²) in [5, 5.41) is 5.77. The molecule has 0 bridgehead atoms. The SMILES string of the molecule is O=C(CNCC1CCCCO1)Nc1ccc(F)cc1. The topological polar surface area (TPSA) is 50.4 Å². The third-order valence-electron chi connectivity index (χ3n) is 3.06. The Bertz CT molecular complexity index is 402. The normalized spacial score (nSPS) is 19.1. The van der Waals surface area contributed by atoms with Crippen LogP contribution in [0.3, 0.4) is 0 Å². The van der Waals surface area contributed by atoms with Crippen LogP contribution in [0.2, 0.25) is 0 Å². The molecular formula is C14H19FN2O2. The van der Waals surface area contributed by atoms with E-state index in [-0.39, 0.29) is 24.4 Å². The lowest BCUT2D eigenvalue weighted by Gasteiger charge is -2.22. The minimum Gasteiger partial charge on any atom is -0.377 e. The van der Waals surface area contributed by atoms with Gasteiger partial charge in [0, 0.05) is 18.8 Å². The van der Waals surface area contributed by atoms with Crippen molar-refractivity contribution in [3.05, 3.63) is 30.1 Å². The van der Waals surface area contributed by atoms with Crippen molar-refractivity contribution in [3.8, 4) is 0 Å². The summed E-state index contributed by atoms with van der Waals surface area (Å²) < 4.78 is 18.2. The van der Waals surface area contributed by atoms with Crippen molar-refractivity contribution in [1.82, 2.24) is 5.32 Å². The van der Waals surface area contributed by atoms with Gasteiger partial charge in [0.15, 0.2) is 0 Å². The average molecular weight is 266 g/mol. The minimum atomic E-state index is -0.314. The number of carbonyl (C=O) groups excluding carboxylic acids is 1. The van der Waals surface area contributed by atoms with Crippen molar-refractivity contribution < 1.29 is 13.9 Å². The van der Waals surface area contributed by atoms with Gasteiger partial charge < -0.3 is 15.4 Å². The summed E-state index contributed by atoms with van der Waals surface area (Å²) in [4.78, 5) is 11.6. The van der Waals surface area contributed by atoms with Gasteiger partial charge in [-0.05, 0) is 43.5 Å². The second kappa shape index (κ2) is 7.21. The zero-order valence-electron chi connectivity index (χ0n) is 10.8. The molecule has 19 heavy (non-hydrogen) atoms. The number of halogens is 1. The summed E-state index contributed by atoms with van der Waals surface area (Å²) in [7, 11) is 0. The first kappa shape index (κ1) is 14.0. The predicted molar refractivity (Wildman–Crippen MR) is 71.5 cm³/mol. The van der Waals surface area contributed by atoms with E-state index >= 15 is 0 Å². The number of nitrogens with one attached hydrogen (secondary N) is 2. The first-order chi connectivity index (χ1) is 9.24. The number of amides is 1. The largest absolute Gasteiger partial charge is 0.377 e. The van der Waals surface area contributed by atoms with Crippen LogP contribution in [-0.4, -0.2) is 31.7 Å². The molecule has 2 N–H and O–H groups in total. The number of ether oxygens (including phenoxy) is 1. The fourth-order valence-electron chi connectivity index (χ4n) is 2.05. The molecule has 1 aromatic carbocycles. The van der Waals surface area contributed by atoms with Crippen molar-refractivity contribution in [3.63, 3.8) is 0 Å². The van der Waals surface area contributed by atoms with E-state index in [1.54, 1.807) is 0 Å². The van der Waals surface area contributed by atoms with Crippen molar-refractivity contribution in [2.75, 3.05) is 25.0 Å². The monoisotopic (exact) mass is 266 g/mol. The standard InChI is InChI=1S/C14H19FN2O2/c15-11-4-6-12(7-5-11)17-14(18)10-16-9-13-3-1-2-8-19-13/h4-7,13,16H,1-3,8-10H2,(H,17,18). The molecule has 104 valence electrons. The number of carbonyl (C=O) groups is 1. The van der Waals surface area contributed by atoms with Crippen LogP contribution in [-0.2, 0) is 9.53 Å². The van der Waals surface area contributed by atoms with Gasteiger partial charge in [0.1, 0.15) is 5.82 Å². The molecule has 0 aliphatic carbocycles. The molecule has 1 heterocycles. The van der Waals surface area contributed by atoms with Crippen molar-refractivity contribution >= 4 is 11.6 Å². The molecule has 1 unspecified atom stereocenters. The van der Waals surface area contributed by atoms with Gasteiger partial charge in [0.25, 0.3) is 0 Å². The van der Waals surface area contributed by atoms with Crippen LogP contribution < -0.4 is 10.6 Å². The Kier molecular flexibility index (Phi) is 5.30. The summed E-state index contributed by atoms with van der Waals surface area (Å²) in [5.74, 6) is -0.451. The van der Waals surface area contributed by atoms with Crippen molar-refractivity contribution in [2.45, 2.75) is 25.4 Å². The smallest absolute Gasteiger partial charge is 0.238 e. The van der Waals surface area contributed by atoms with Crippen LogP contribution in [0.4, 0.5) is 10.1 Å². The molecule has 0 radical (unpaired) electrons. The molecule has 0 aromatic heterocycles. The zero-order valence-corrected chi connectivity index (χ0v) is 10.8. The van der Waals surface area contributed by atoms with Crippen LogP contribution in [0.1, 0.15) is 19.3 Å². The molecule has 2 rings (SSSR count). The number of rotatable bonds is 5. The third-order valence-corrected chi connectivity index (χ3v) is 3.06. The minimum absolute atomic E-state index is 0.137. The van der Waals surface area contributed by atoms with Gasteiger partial charge in [-0.3, -0.25) is 4.79 Å². The Hall–Kier alpha value is -1.46. The highest BCUT2D eigenvalue weighted by Gasteiger charge is 2.13. The van der Waals surface area contributed by atoms with Crippen molar-refractivity contribution in [1.29, 1.82) is 0 Å². The maximum atomic E-state index is 12.7. The lowest BCUT2D eigenvalue weighted by Crippen LogP contribution is -2.36. The first-order valence-corrected chi connectivity index (χ1v) is 6.62. The second-order valence-corrected chi connectivity index (χ2v) is 4.67. The Morgan fingerprint density at radius 2 is 2.11 bits per heavy atom. The van der Waals surface area contributed by atoms with E-state index in [1.807, 2.05) is 0 Å². The molecule has 0 saturated carbocycles. The molecule has 1 saturated heterocycles. The number of benzene rings is 1. The Labute approximate surface area is 112 Å². The van der Waals surface area contributed by atoms with Crippen LogP contribution in [0, 0.1) is 5.82 Å². The highest BCUT2D eigenvalue weighted by molar-refractivity contribution is 5.92. The van der Waals surface area contributed by atoms with E-state index in [0.29, 0.717) is 12.2 Å². The lowest BCUT2D eigenvalue weighted by atomic mass is 10.1. The van der Waals surface area contributed by atoms with Gasteiger partial charge in [-0.25, -0.2) is 4.39 Å². The number of hydrogen-bond donors (Lipinski definition) is 2.